The molecule has 0 atom stereocenters. The predicted octanol–water partition coefficient (Wildman–Crippen LogP) is 3.87. The van der Waals surface area contributed by atoms with Gasteiger partial charge in [-0.2, -0.15) is 0 Å². The summed E-state index contributed by atoms with van der Waals surface area (Å²) in [6.07, 6.45) is 4.19. The van der Waals surface area contributed by atoms with Crippen molar-refractivity contribution in [3.05, 3.63) is 47.1 Å². The lowest BCUT2D eigenvalue weighted by Crippen LogP contribution is -2.11. The van der Waals surface area contributed by atoms with Crippen molar-refractivity contribution in [2.24, 2.45) is 10.6 Å². The summed E-state index contributed by atoms with van der Waals surface area (Å²) in [6.45, 7) is 8.72. The first kappa shape index (κ1) is 16.0. The minimum Gasteiger partial charge on any atom is -0.225 e. The molecule has 2 N–H and O–H groups in total. The molecule has 3 nitrogen and oxygen atoms in total. The Bertz CT molecular complexity index is 708. The number of sulfonamides is 1. The summed E-state index contributed by atoms with van der Waals surface area (Å²) in [5.74, 6) is 0. The topological polar surface area (TPSA) is 60.2 Å². The quantitative estimate of drug-likeness (QED) is 0.921. The monoisotopic (exact) mass is 305 g/mol. The van der Waals surface area contributed by atoms with Crippen LogP contribution in [0.1, 0.15) is 46.1 Å². The van der Waals surface area contributed by atoms with Crippen LogP contribution in [-0.4, -0.2) is 8.42 Å². The molecule has 1 aromatic carbocycles. The highest BCUT2D eigenvalue weighted by atomic mass is 32.2. The maximum atomic E-state index is 11.3. The van der Waals surface area contributed by atoms with Gasteiger partial charge in [0.25, 0.3) is 0 Å². The standard InChI is InChI=1S/C17H23NO2S/c1-5-12(2)15-10-17(3,4)11-16(15)13-6-8-14(9-7-13)21(18,19)20/h5-9H,10-11H2,1-4H3,(H2,18,19,20)/b12-5+. The Balaban J connectivity index is 2.48. The highest BCUT2D eigenvalue weighted by Crippen LogP contribution is 2.47. The number of hydrogen-bond donors (Lipinski definition) is 1. The third-order valence-corrected chi connectivity index (χ3v) is 5.04. The summed E-state index contributed by atoms with van der Waals surface area (Å²) in [5.41, 5.74) is 5.32. The van der Waals surface area contributed by atoms with E-state index in [1.165, 1.54) is 16.7 Å². The van der Waals surface area contributed by atoms with Crippen LogP contribution >= 0.6 is 0 Å². The number of nitrogens with two attached hydrogens (primary N) is 1. The zero-order valence-corrected chi connectivity index (χ0v) is 13.9. The van der Waals surface area contributed by atoms with Crippen molar-refractivity contribution in [1.82, 2.24) is 0 Å². The second kappa shape index (κ2) is 5.43. The van der Waals surface area contributed by atoms with E-state index >= 15 is 0 Å². The molecule has 2 rings (SSSR count). The average Bonchev–Trinajstić information content (AvgIpc) is 2.73. The molecule has 0 unspecified atom stereocenters. The van der Waals surface area contributed by atoms with E-state index in [0.29, 0.717) is 0 Å². The lowest BCUT2D eigenvalue weighted by molar-refractivity contribution is 0.398. The molecule has 0 saturated carbocycles. The number of hydrogen-bond acceptors (Lipinski definition) is 2. The molecule has 21 heavy (non-hydrogen) atoms. The molecule has 0 aliphatic heterocycles. The van der Waals surface area contributed by atoms with Crippen LogP contribution in [0.4, 0.5) is 0 Å². The van der Waals surface area contributed by atoms with Crippen LogP contribution in [0.3, 0.4) is 0 Å². The van der Waals surface area contributed by atoms with E-state index in [1.54, 1.807) is 12.1 Å². The molecular formula is C17H23NO2S. The minimum absolute atomic E-state index is 0.161. The Kier molecular flexibility index (Phi) is 4.13. The molecule has 0 fully saturated rings. The van der Waals surface area contributed by atoms with E-state index in [4.69, 9.17) is 5.14 Å². The van der Waals surface area contributed by atoms with Crippen LogP contribution in [0.2, 0.25) is 0 Å². The van der Waals surface area contributed by atoms with Gasteiger partial charge in [-0.1, -0.05) is 37.6 Å². The third-order valence-electron chi connectivity index (χ3n) is 4.12. The molecule has 1 aromatic rings. The van der Waals surface area contributed by atoms with Crippen LogP contribution in [-0.2, 0) is 10.0 Å². The van der Waals surface area contributed by atoms with Gasteiger partial charge in [-0.25, -0.2) is 13.6 Å². The SMILES string of the molecule is C/C=C(\C)C1=C(c2ccc(S(N)(=O)=O)cc2)CC(C)(C)C1. The molecule has 0 bridgehead atoms. The van der Waals surface area contributed by atoms with Gasteiger partial charge in [0.2, 0.25) is 10.0 Å². The third kappa shape index (κ3) is 3.44. The Labute approximate surface area is 127 Å². The maximum absolute atomic E-state index is 11.3. The molecule has 1 aliphatic rings. The first-order chi connectivity index (χ1) is 9.64. The second-order valence-electron chi connectivity index (χ2n) is 6.52. The van der Waals surface area contributed by atoms with Gasteiger partial charge in [0.05, 0.1) is 4.90 Å². The minimum atomic E-state index is -3.63. The van der Waals surface area contributed by atoms with E-state index in [1.807, 2.05) is 12.1 Å². The number of rotatable bonds is 3. The van der Waals surface area contributed by atoms with Crippen molar-refractivity contribution in [2.75, 3.05) is 0 Å². The van der Waals surface area contributed by atoms with Gasteiger partial charge in [0.15, 0.2) is 0 Å². The average molecular weight is 305 g/mol. The summed E-state index contributed by atoms with van der Waals surface area (Å²) in [4.78, 5) is 0.161. The van der Waals surface area contributed by atoms with Gasteiger partial charge in [-0.05, 0) is 60.9 Å². The Hall–Kier alpha value is -1.39. The summed E-state index contributed by atoms with van der Waals surface area (Å²) in [5, 5.41) is 5.15. The van der Waals surface area contributed by atoms with Crippen molar-refractivity contribution in [2.45, 2.75) is 45.4 Å². The molecule has 1 aliphatic carbocycles. The van der Waals surface area contributed by atoms with E-state index in [0.717, 1.165) is 18.4 Å². The summed E-state index contributed by atoms with van der Waals surface area (Å²) in [6, 6.07) is 6.90. The van der Waals surface area contributed by atoms with Crippen LogP contribution < -0.4 is 5.14 Å². The van der Waals surface area contributed by atoms with Crippen molar-refractivity contribution < 1.29 is 8.42 Å². The summed E-state index contributed by atoms with van der Waals surface area (Å²) >= 11 is 0. The lowest BCUT2D eigenvalue weighted by atomic mass is 9.87. The Morgan fingerprint density at radius 1 is 1.19 bits per heavy atom. The first-order valence-electron chi connectivity index (χ1n) is 7.12. The fraction of sp³-hybridized carbons (Fsp3) is 0.412. The van der Waals surface area contributed by atoms with E-state index in [9.17, 15) is 8.42 Å². The smallest absolute Gasteiger partial charge is 0.225 e. The number of allylic oxidation sites excluding steroid dienone is 4. The zero-order chi connectivity index (χ0) is 15.8. The largest absolute Gasteiger partial charge is 0.238 e. The molecule has 4 heteroatoms. The summed E-state index contributed by atoms with van der Waals surface area (Å²) in [7, 11) is -3.63. The van der Waals surface area contributed by atoms with Gasteiger partial charge in [-0.3, -0.25) is 0 Å². The van der Waals surface area contributed by atoms with Crippen molar-refractivity contribution in [3.63, 3.8) is 0 Å². The van der Waals surface area contributed by atoms with Crippen molar-refractivity contribution >= 4 is 15.6 Å². The van der Waals surface area contributed by atoms with Gasteiger partial charge >= 0.3 is 0 Å². The fourth-order valence-corrected chi connectivity index (χ4v) is 3.42. The van der Waals surface area contributed by atoms with Crippen molar-refractivity contribution in [1.29, 1.82) is 0 Å². The molecule has 0 spiro atoms. The van der Waals surface area contributed by atoms with Crippen molar-refractivity contribution in [3.8, 4) is 0 Å². The lowest BCUT2D eigenvalue weighted by Gasteiger charge is -2.17. The van der Waals surface area contributed by atoms with E-state index < -0.39 is 10.0 Å². The molecule has 0 saturated heterocycles. The number of primary sulfonamides is 1. The molecule has 0 aromatic heterocycles. The Morgan fingerprint density at radius 3 is 2.24 bits per heavy atom. The van der Waals surface area contributed by atoms with Gasteiger partial charge in [0.1, 0.15) is 0 Å². The highest BCUT2D eigenvalue weighted by molar-refractivity contribution is 7.89. The fourth-order valence-electron chi connectivity index (χ4n) is 2.91. The summed E-state index contributed by atoms with van der Waals surface area (Å²) < 4.78 is 22.7. The zero-order valence-electron chi connectivity index (χ0n) is 13.1. The molecular weight excluding hydrogens is 282 g/mol. The second-order valence-corrected chi connectivity index (χ2v) is 8.08. The van der Waals surface area contributed by atoms with E-state index in [2.05, 4.69) is 33.8 Å². The van der Waals surface area contributed by atoms with Crippen LogP contribution in [0.5, 0.6) is 0 Å². The maximum Gasteiger partial charge on any atom is 0.238 e. The van der Waals surface area contributed by atoms with Gasteiger partial charge < -0.3 is 0 Å². The Morgan fingerprint density at radius 2 is 1.76 bits per heavy atom. The molecule has 0 heterocycles. The van der Waals surface area contributed by atoms with Gasteiger partial charge in [-0.15, -0.1) is 0 Å². The highest BCUT2D eigenvalue weighted by Gasteiger charge is 2.31. The molecule has 0 radical (unpaired) electrons. The first-order valence-corrected chi connectivity index (χ1v) is 8.67. The van der Waals surface area contributed by atoms with E-state index in [-0.39, 0.29) is 10.3 Å². The normalized spacial score (nSPS) is 19.2. The van der Waals surface area contributed by atoms with Crippen LogP contribution in [0.15, 0.2) is 46.4 Å². The molecule has 0 amide bonds. The van der Waals surface area contributed by atoms with Gasteiger partial charge in [0, 0.05) is 0 Å². The predicted molar refractivity (Wildman–Crippen MR) is 87.2 cm³/mol. The van der Waals surface area contributed by atoms with Crippen LogP contribution in [0, 0.1) is 5.41 Å². The molecule has 114 valence electrons. The number of benzene rings is 1. The van der Waals surface area contributed by atoms with Crippen LogP contribution in [0.25, 0.3) is 5.57 Å².